The van der Waals surface area contributed by atoms with Crippen molar-refractivity contribution in [3.8, 4) is 17.0 Å². The van der Waals surface area contributed by atoms with Gasteiger partial charge < -0.3 is 9.64 Å². The number of benzene rings is 1. The van der Waals surface area contributed by atoms with Gasteiger partial charge in [0.15, 0.2) is 0 Å². The van der Waals surface area contributed by atoms with Crippen LogP contribution in [-0.4, -0.2) is 40.8 Å². The van der Waals surface area contributed by atoms with Crippen LogP contribution in [0, 0.1) is 11.8 Å². The third-order valence-corrected chi connectivity index (χ3v) is 6.31. The van der Waals surface area contributed by atoms with Crippen molar-refractivity contribution in [2.24, 2.45) is 11.8 Å². The zero-order chi connectivity index (χ0) is 20.2. The van der Waals surface area contributed by atoms with Gasteiger partial charge in [-0.25, -0.2) is 4.68 Å². The molecule has 0 radical (unpaired) electrons. The summed E-state index contributed by atoms with van der Waals surface area (Å²) in [6.07, 6.45) is 6.34. The van der Waals surface area contributed by atoms with E-state index in [-0.39, 0.29) is 11.5 Å². The number of hydrogen-bond donors (Lipinski definition) is 0. The van der Waals surface area contributed by atoms with E-state index in [9.17, 15) is 9.59 Å². The van der Waals surface area contributed by atoms with Gasteiger partial charge in [0, 0.05) is 37.2 Å². The first-order valence-electron chi connectivity index (χ1n) is 10.7. The monoisotopic (exact) mass is 395 g/mol. The van der Waals surface area contributed by atoms with Gasteiger partial charge >= 0.3 is 0 Å². The molecule has 0 N–H and O–H groups in total. The minimum atomic E-state index is -0.0771. The summed E-state index contributed by atoms with van der Waals surface area (Å²) in [4.78, 5) is 27.0. The molecule has 154 valence electrons. The minimum absolute atomic E-state index is 0.0771. The highest BCUT2D eigenvalue weighted by molar-refractivity contribution is 5.79. The zero-order valence-electron chi connectivity index (χ0n) is 17.0. The van der Waals surface area contributed by atoms with E-state index in [4.69, 9.17) is 4.74 Å². The summed E-state index contributed by atoms with van der Waals surface area (Å²) >= 11 is 0. The summed E-state index contributed by atoms with van der Waals surface area (Å²) in [6.45, 7) is 2.20. The Labute approximate surface area is 171 Å². The Bertz CT molecular complexity index is 892. The molecule has 1 aliphatic heterocycles. The third kappa shape index (κ3) is 4.52. The van der Waals surface area contributed by atoms with Crippen molar-refractivity contribution in [3.05, 3.63) is 46.8 Å². The van der Waals surface area contributed by atoms with E-state index < -0.39 is 0 Å². The highest BCUT2D eigenvalue weighted by atomic mass is 16.5. The maximum Gasteiger partial charge on any atom is 0.266 e. The largest absolute Gasteiger partial charge is 0.497 e. The molecule has 2 heterocycles. The van der Waals surface area contributed by atoms with Gasteiger partial charge in [0.25, 0.3) is 5.56 Å². The molecule has 1 aromatic heterocycles. The zero-order valence-corrected chi connectivity index (χ0v) is 17.0. The van der Waals surface area contributed by atoms with Gasteiger partial charge in [0.2, 0.25) is 5.91 Å². The molecule has 1 aliphatic carbocycles. The van der Waals surface area contributed by atoms with Crippen molar-refractivity contribution in [1.82, 2.24) is 14.7 Å². The summed E-state index contributed by atoms with van der Waals surface area (Å²) < 4.78 is 6.78. The van der Waals surface area contributed by atoms with Crippen molar-refractivity contribution in [1.29, 1.82) is 0 Å². The first-order chi connectivity index (χ1) is 14.1. The van der Waals surface area contributed by atoms with Gasteiger partial charge in [0.05, 0.1) is 12.8 Å². The summed E-state index contributed by atoms with van der Waals surface area (Å²) in [6, 6.07) is 11.0. The molecule has 1 saturated heterocycles. The summed E-state index contributed by atoms with van der Waals surface area (Å²) in [5, 5.41) is 4.59. The number of piperidine rings is 1. The maximum absolute atomic E-state index is 12.6. The molecule has 0 unspecified atom stereocenters. The second-order valence-corrected chi connectivity index (χ2v) is 8.22. The van der Waals surface area contributed by atoms with E-state index in [0.29, 0.717) is 18.4 Å². The SMILES string of the molecule is COc1ccc(-c2ccc(=O)n(CC3CCN(C(=O)C4CCCC4)CC3)n2)cc1. The Balaban J connectivity index is 1.39. The Hall–Kier alpha value is -2.63. The highest BCUT2D eigenvalue weighted by Crippen LogP contribution is 2.29. The molecule has 6 nitrogen and oxygen atoms in total. The van der Waals surface area contributed by atoms with Crippen molar-refractivity contribution >= 4 is 5.91 Å². The van der Waals surface area contributed by atoms with Gasteiger partial charge in [-0.15, -0.1) is 0 Å². The summed E-state index contributed by atoms with van der Waals surface area (Å²) in [5.41, 5.74) is 1.66. The van der Waals surface area contributed by atoms with Gasteiger partial charge in [0.1, 0.15) is 5.75 Å². The second kappa shape index (κ2) is 8.80. The molecular weight excluding hydrogens is 366 g/mol. The highest BCUT2D eigenvalue weighted by Gasteiger charge is 2.30. The Morgan fingerprint density at radius 3 is 2.38 bits per heavy atom. The number of ether oxygens (including phenoxy) is 1. The Morgan fingerprint density at radius 1 is 1.03 bits per heavy atom. The van der Waals surface area contributed by atoms with Crippen molar-refractivity contribution in [3.63, 3.8) is 0 Å². The topological polar surface area (TPSA) is 64.4 Å². The Kier molecular flexibility index (Phi) is 5.97. The molecule has 2 aromatic rings. The molecule has 0 bridgehead atoms. The van der Waals surface area contributed by atoms with Crippen LogP contribution in [0.15, 0.2) is 41.2 Å². The summed E-state index contributed by atoms with van der Waals surface area (Å²) in [7, 11) is 1.64. The van der Waals surface area contributed by atoms with E-state index in [0.717, 1.165) is 55.8 Å². The quantitative estimate of drug-likeness (QED) is 0.779. The fourth-order valence-electron chi connectivity index (χ4n) is 4.51. The number of aromatic nitrogens is 2. The van der Waals surface area contributed by atoms with Crippen molar-refractivity contribution in [2.75, 3.05) is 20.2 Å². The van der Waals surface area contributed by atoms with Crippen LogP contribution in [0.4, 0.5) is 0 Å². The maximum atomic E-state index is 12.6. The van der Waals surface area contributed by atoms with Crippen LogP contribution in [-0.2, 0) is 11.3 Å². The molecule has 0 atom stereocenters. The summed E-state index contributed by atoms with van der Waals surface area (Å²) in [5.74, 6) is 1.76. The van der Waals surface area contributed by atoms with Crippen LogP contribution in [0.1, 0.15) is 38.5 Å². The van der Waals surface area contributed by atoms with E-state index in [1.807, 2.05) is 29.2 Å². The van der Waals surface area contributed by atoms with Crippen LogP contribution >= 0.6 is 0 Å². The van der Waals surface area contributed by atoms with E-state index >= 15 is 0 Å². The van der Waals surface area contributed by atoms with Crippen molar-refractivity contribution in [2.45, 2.75) is 45.1 Å². The average molecular weight is 396 g/mol. The Morgan fingerprint density at radius 2 is 1.72 bits per heavy atom. The number of hydrogen-bond acceptors (Lipinski definition) is 4. The van der Waals surface area contributed by atoms with E-state index in [1.54, 1.807) is 23.9 Å². The molecular formula is C23H29N3O3. The van der Waals surface area contributed by atoms with Crippen LogP contribution in [0.3, 0.4) is 0 Å². The normalized spacial score (nSPS) is 18.2. The fraction of sp³-hybridized carbons (Fsp3) is 0.522. The number of amides is 1. The van der Waals surface area contributed by atoms with Crippen molar-refractivity contribution < 1.29 is 9.53 Å². The molecule has 1 saturated carbocycles. The lowest BCUT2D eigenvalue weighted by Gasteiger charge is -2.33. The number of methoxy groups -OCH3 is 1. The lowest BCUT2D eigenvalue weighted by atomic mass is 9.95. The number of carbonyl (C=O) groups is 1. The first kappa shape index (κ1) is 19.7. The molecule has 1 aromatic carbocycles. The predicted octanol–water partition coefficient (Wildman–Crippen LogP) is 3.35. The van der Waals surface area contributed by atoms with Gasteiger partial charge in [-0.2, -0.15) is 5.10 Å². The van der Waals surface area contributed by atoms with Gasteiger partial charge in [-0.1, -0.05) is 12.8 Å². The molecule has 2 aliphatic rings. The van der Waals surface area contributed by atoms with Crippen LogP contribution in [0.2, 0.25) is 0 Å². The number of likely N-dealkylation sites (tertiary alicyclic amines) is 1. The molecule has 29 heavy (non-hydrogen) atoms. The molecule has 1 amide bonds. The lowest BCUT2D eigenvalue weighted by molar-refractivity contribution is -0.136. The van der Waals surface area contributed by atoms with Crippen LogP contribution in [0.25, 0.3) is 11.3 Å². The van der Waals surface area contributed by atoms with Crippen LogP contribution in [0.5, 0.6) is 5.75 Å². The smallest absolute Gasteiger partial charge is 0.266 e. The van der Waals surface area contributed by atoms with Gasteiger partial charge in [-0.3, -0.25) is 9.59 Å². The number of carbonyl (C=O) groups excluding carboxylic acids is 1. The fourth-order valence-corrected chi connectivity index (χ4v) is 4.51. The molecule has 2 fully saturated rings. The second-order valence-electron chi connectivity index (χ2n) is 8.22. The first-order valence-corrected chi connectivity index (χ1v) is 10.7. The average Bonchev–Trinajstić information content (AvgIpc) is 3.30. The minimum Gasteiger partial charge on any atom is -0.497 e. The number of rotatable bonds is 5. The standard InChI is InChI=1S/C23H29N3O3/c1-29-20-8-6-18(7-9-20)21-10-11-22(27)26(24-21)16-17-12-14-25(15-13-17)23(28)19-4-2-3-5-19/h6-11,17,19H,2-5,12-16H2,1H3. The van der Waals surface area contributed by atoms with E-state index in [1.165, 1.54) is 12.8 Å². The molecule has 0 spiro atoms. The molecule has 4 rings (SSSR count). The molecule has 6 heteroatoms. The van der Waals surface area contributed by atoms with Crippen LogP contribution < -0.4 is 10.3 Å². The van der Waals surface area contributed by atoms with Gasteiger partial charge in [-0.05, 0) is 61.9 Å². The number of nitrogens with zero attached hydrogens (tertiary/aromatic N) is 3. The van der Waals surface area contributed by atoms with E-state index in [2.05, 4.69) is 5.10 Å². The predicted molar refractivity (Wildman–Crippen MR) is 112 cm³/mol. The third-order valence-electron chi connectivity index (χ3n) is 6.31. The lowest BCUT2D eigenvalue weighted by Crippen LogP contribution is -2.42.